The first-order valence-electron chi connectivity index (χ1n) is 20.8. The van der Waals surface area contributed by atoms with Gasteiger partial charge >= 0.3 is 19.5 Å². The Balaban J connectivity index is 0.000000282. The number of hydrogen-bond donors (Lipinski definition) is 0. The number of alkyl halides is 8. The molecule has 366 valence electrons. The SMILES string of the molecule is C.CN(C)C(=O)[C@@H]1C[C@@H]1I.COc1ccc(Cn2cc(B3OC(C)(C)C(C)(C)O3)c(C(F)(F)F)n2)cc1.COc1ccc(Cn2cc([C@H]3C[C@H]3C(=O)N(C)OC)c(C(F)(F)F)n2)cc1.[2H]CF. The summed E-state index contributed by atoms with van der Waals surface area (Å²) in [6, 6.07) is 14.1. The minimum absolute atomic E-state index is 0. The second-order valence-corrected chi connectivity index (χ2v) is 18.2. The molecule has 7 rings (SSSR count). The standard InChI is InChI=1S/C18H22BF3N2O3.C18H20F3N3O3.C6H10INO.CH3F.CH4/c1-16(2)17(3,4)27-19(26-16)14-11-24(23-15(14)18(20,21)22)10-12-6-8-13(25-5)9-7-12;1-23(27-3)17(25)14-8-13(14)15-10-24(22-16(15)18(19,20)21)9-11-4-6-12(26-2)7-5-11;1-8(2)6(9)4-3-5(4)7;1-2;/h6-9,11H,10H2,1-5H3;4-7,10,13-14H,8-9H2,1-3H3;4-5H,3H2,1-2H3;1H3;1H4/t;13-,14+;4-,5+;;/m.01../s1/i;;;1D;. The van der Waals surface area contributed by atoms with E-state index >= 15 is 0 Å². The molecule has 22 heteroatoms. The predicted molar refractivity (Wildman–Crippen MR) is 243 cm³/mol. The number of halogens is 8. The average molecular weight is 1060 g/mol. The fourth-order valence-corrected chi connectivity index (χ4v) is 7.47. The van der Waals surface area contributed by atoms with Crippen molar-refractivity contribution in [2.75, 3.05) is 49.6 Å². The third-order valence-electron chi connectivity index (χ3n) is 11.2. The maximum Gasteiger partial charge on any atom is 0.498 e. The topological polar surface area (TPSA) is 122 Å². The Labute approximate surface area is 396 Å². The lowest BCUT2D eigenvalue weighted by Crippen LogP contribution is -2.41. The lowest BCUT2D eigenvalue weighted by atomic mass is 9.79. The predicted octanol–water partition coefficient (Wildman–Crippen LogP) is 8.46. The van der Waals surface area contributed by atoms with Crippen LogP contribution in [0.1, 0.15) is 83.3 Å². The summed E-state index contributed by atoms with van der Waals surface area (Å²) in [4.78, 5) is 29.7. The third kappa shape index (κ3) is 14.1. The first kappa shape index (κ1) is 54.2. The first-order chi connectivity index (χ1) is 30.7. The van der Waals surface area contributed by atoms with Gasteiger partial charge in [0.1, 0.15) is 11.5 Å². The fraction of sp³-hybridized carbons (Fsp3) is 0.545. The molecule has 0 bridgehead atoms. The van der Waals surface area contributed by atoms with Crippen LogP contribution in [0, 0.1) is 11.8 Å². The molecule has 2 aromatic heterocycles. The molecule has 1 saturated heterocycles. The number of nitrogens with zero attached hydrogens (tertiary/aromatic N) is 6. The molecule has 3 fully saturated rings. The van der Waals surface area contributed by atoms with Crippen molar-refractivity contribution in [1.82, 2.24) is 29.5 Å². The van der Waals surface area contributed by atoms with E-state index in [0.717, 1.165) is 22.6 Å². The van der Waals surface area contributed by atoms with Crippen LogP contribution in [-0.2, 0) is 49.2 Å². The highest BCUT2D eigenvalue weighted by molar-refractivity contribution is 14.1. The van der Waals surface area contributed by atoms with E-state index in [9.17, 15) is 40.3 Å². The zero-order valence-corrected chi connectivity index (χ0v) is 39.9. The van der Waals surface area contributed by atoms with Crippen LogP contribution in [0.5, 0.6) is 11.5 Å². The Morgan fingerprint density at radius 3 is 1.58 bits per heavy atom. The molecule has 13 nitrogen and oxygen atoms in total. The van der Waals surface area contributed by atoms with Crippen molar-refractivity contribution in [3.8, 4) is 11.5 Å². The van der Waals surface area contributed by atoms with Crippen molar-refractivity contribution < 1.29 is 65.3 Å². The summed E-state index contributed by atoms with van der Waals surface area (Å²) in [5.74, 6) is 0.602. The fourth-order valence-electron chi connectivity index (χ4n) is 6.61. The number of rotatable bonds is 11. The van der Waals surface area contributed by atoms with Crippen molar-refractivity contribution in [1.29, 1.82) is 0 Å². The second kappa shape index (κ2) is 22.6. The molecule has 0 N–H and O–H groups in total. The number of amides is 2. The van der Waals surface area contributed by atoms with Gasteiger partial charge in [-0.2, -0.15) is 36.5 Å². The van der Waals surface area contributed by atoms with Crippen molar-refractivity contribution >= 4 is 47.0 Å². The van der Waals surface area contributed by atoms with E-state index in [1.807, 2.05) is 14.1 Å². The van der Waals surface area contributed by atoms with Crippen LogP contribution in [0.2, 0.25) is 0 Å². The van der Waals surface area contributed by atoms with Gasteiger partial charge in [0, 0.05) is 60.3 Å². The summed E-state index contributed by atoms with van der Waals surface area (Å²) in [6.45, 7) is 7.55. The van der Waals surface area contributed by atoms with Crippen LogP contribution in [0.4, 0.5) is 30.7 Å². The molecule has 2 amide bonds. The van der Waals surface area contributed by atoms with Gasteiger partial charge in [0.2, 0.25) is 11.8 Å². The number of hydrogen-bond acceptors (Lipinski definition) is 9. The number of benzene rings is 2. The Morgan fingerprint density at radius 2 is 1.21 bits per heavy atom. The van der Waals surface area contributed by atoms with Crippen LogP contribution in [-0.4, -0.2) is 113 Å². The monoisotopic (exact) mass is 1060 g/mol. The van der Waals surface area contributed by atoms with Gasteiger partial charge in [-0.3, -0.25) is 28.2 Å². The zero-order valence-electron chi connectivity index (χ0n) is 38.8. The smallest absolute Gasteiger partial charge is 0.497 e. The van der Waals surface area contributed by atoms with Gasteiger partial charge in [-0.15, -0.1) is 0 Å². The Bertz CT molecular complexity index is 2210. The number of aromatic nitrogens is 4. The second-order valence-electron chi connectivity index (χ2n) is 16.6. The summed E-state index contributed by atoms with van der Waals surface area (Å²) >= 11 is 2.32. The normalized spacial score (nSPS) is 20.1. The molecule has 1 aliphatic heterocycles. The Morgan fingerprint density at radius 1 is 0.788 bits per heavy atom. The number of methoxy groups -OCH3 is 2. The minimum Gasteiger partial charge on any atom is -0.497 e. The molecule has 2 aromatic carbocycles. The molecule has 4 atom stereocenters. The van der Waals surface area contributed by atoms with Gasteiger partial charge in [-0.05, 0) is 75.9 Å². The highest BCUT2D eigenvalue weighted by Crippen LogP contribution is 2.51. The number of carbonyl (C=O) groups is 2. The van der Waals surface area contributed by atoms with Crippen molar-refractivity contribution in [2.45, 2.75) is 94.4 Å². The molecule has 3 heterocycles. The summed E-state index contributed by atoms with van der Waals surface area (Å²) in [6.07, 6.45) is -5.03. The van der Waals surface area contributed by atoms with Crippen LogP contribution < -0.4 is 14.9 Å². The van der Waals surface area contributed by atoms with Crippen LogP contribution >= 0.6 is 22.6 Å². The summed E-state index contributed by atoms with van der Waals surface area (Å²) < 4.78 is 121. The molecule has 66 heavy (non-hydrogen) atoms. The van der Waals surface area contributed by atoms with Crippen LogP contribution in [0.25, 0.3) is 0 Å². The molecule has 3 aliphatic rings. The number of carbonyl (C=O) groups excluding carboxylic acids is 2. The quantitative estimate of drug-likeness (QED) is 0.0479. The maximum atomic E-state index is 13.5. The van der Waals surface area contributed by atoms with E-state index < -0.39 is 61.1 Å². The largest absolute Gasteiger partial charge is 0.498 e. The van der Waals surface area contributed by atoms with Crippen molar-refractivity contribution in [2.24, 2.45) is 11.8 Å². The highest BCUT2D eigenvalue weighted by atomic mass is 127. The first-order valence-corrected chi connectivity index (χ1v) is 21.4. The van der Waals surface area contributed by atoms with Crippen LogP contribution in [0.3, 0.4) is 0 Å². The summed E-state index contributed by atoms with van der Waals surface area (Å²) in [7, 11) is 7.36. The average Bonchev–Trinajstić information content (AvgIpc) is 4.07. The Hall–Kier alpha value is -4.42. The van der Waals surface area contributed by atoms with E-state index in [0.29, 0.717) is 27.8 Å². The van der Waals surface area contributed by atoms with E-state index in [1.165, 1.54) is 35.9 Å². The van der Waals surface area contributed by atoms with E-state index in [2.05, 4.69) is 32.8 Å². The maximum absolute atomic E-state index is 13.5. The molecular formula is C44H59BF7IN6O7. The van der Waals surface area contributed by atoms with E-state index in [4.69, 9.17) is 25.0 Å². The molecule has 2 aliphatic carbocycles. The van der Waals surface area contributed by atoms with E-state index in [1.54, 1.807) is 95.3 Å². The Kier molecular flexibility index (Phi) is 18.5. The zero-order chi connectivity index (χ0) is 49.5. The highest BCUT2D eigenvalue weighted by Gasteiger charge is 2.55. The van der Waals surface area contributed by atoms with E-state index in [-0.39, 0.29) is 43.4 Å². The molecular weight excluding hydrogens is 995 g/mol. The van der Waals surface area contributed by atoms with Gasteiger partial charge in [0.05, 0.1) is 60.1 Å². The molecule has 4 aromatic rings. The van der Waals surface area contributed by atoms with Crippen LogP contribution in [0.15, 0.2) is 60.9 Å². The van der Waals surface area contributed by atoms with Gasteiger partial charge < -0.3 is 23.7 Å². The number of ether oxygens (including phenoxy) is 2. The van der Waals surface area contributed by atoms with Crippen molar-refractivity contribution in [3.63, 3.8) is 0 Å². The lowest BCUT2D eigenvalue weighted by molar-refractivity contribution is -0.170. The molecule has 2 saturated carbocycles. The minimum atomic E-state index is -4.61. The van der Waals surface area contributed by atoms with Gasteiger partial charge in [0.25, 0.3) is 0 Å². The summed E-state index contributed by atoms with van der Waals surface area (Å²) in [5, 5.41) is 8.54. The molecule has 0 radical (unpaired) electrons. The molecule has 0 unspecified atom stereocenters. The molecule has 0 spiro atoms. The number of hydroxylamine groups is 2. The van der Waals surface area contributed by atoms with Gasteiger partial charge in [-0.1, -0.05) is 54.3 Å². The lowest BCUT2D eigenvalue weighted by Gasteiger charge is -2.32. The van der Waals surface area contributed by atoms with Gasteiger partial charge in [-0.25, -0.2) is 5.06 Å². The van der Waals surface area contributed by atoms with Crippen molar-refractivity contribution in [3.05, 3.63) is 89.0 Å². The third-order valence-corrected chi connectivity index (χ3v) is 12.6. The summed E-state index contributed by atoms with van der Waals surface area (Å²) in [5.41, 5.74) is -1.87. The van der Waals surface area contributed by atoms with Gasteiger partial charge in [0.15, 0.2) is 11.4 Å².